The number of nitrogens with zero attached hydrogens (tertiary/aromatic N) is 5. The largest absolute Gasteiger partial charge is 0.356 e. The van der Waals surface area contributed by atoms with Crippen molar-refractivity contribution in [2.24, 2.45) is 5.10 Å². The SMILES string of the molecule is Cc1nn(-c2ccccc2)c(N2CCCC2)c1C=NNc1ccc(S(=O)(=O)Nc2ccccc2)cc1[N+](=O)[O-]. The summed E-state index contributed by atoms with van der Waals surface area (Å²) < 4.78 is 29.9. The van der Waals surface area contributed by atoms with E-state index in [4.69, 9.17) is 5.10 Å². The third kappa shape index (κ3) is 5.60. The van der Waals surface area contributed by atoms with E-state index in [1.807, 2.05) is 41.9 Å². The predicted molar refractivity (Wildman–Crippen MR) is 151 cm³/mol. The number of hydrogen-bond acceptors (Lipinski definition) is 8. The van der Waals surface area contributed by atoms with E-state index < -0.39 is 20.6 Å². The van der Waals surface area contributed by atoms with Gasteiger partial charge >= 0.3 is 0 Å². The molecule has 0 aliphatic carbocycles. The quantitative estimate of drug-likeness (QED) is 0.173. The van der Waals surface area contributed by atoms with Crippen molar-refractivity contribution in [3.05, 3.63) is 100 Å². The van der Waals surface area contributed by atoms with Crippen LogP contribution in [0.4, 0.5) is 22.9 Å². The van der Waals surface area contributed by atoms with Crippen molar-refractivity contribution in [3.8, 4) is 5.69 Å². The van der Waals surface area contributed by atoms with Gasteiger partial charge in [0.05, 0.1) is 33.0 Å². The highest BCUT2D eigenvalue weighted by atomic mass is 32.2. The lowest BCUT2D eigenvalue weighted by Crippen LogP contribution is -2.22. The van der Waals surface area contributed by atoms with Crippen molar-refractivity contribution < 1.29 is 13.3 Å². The second kappa shape index (κ2) is 11.0. The summed E-state index contributed by atoms with van der Waals surface area (Å²) in [6.07, 6.45) is 3.75. The molecule has 0 saturated carbocycles. The molecule has 11 nitrogen and oxygen atoms in total. The molecule has 12 heteroatoms. The Morgan fingerprint density at radius 3 is 2.33 bits per heavy atom. The average molecular weight is 546 g/mol. The van der Waals surface area contributed by atoms with E-state index in [2.05, 4.69) is 20.1 Å². The standard InChI is InChI=1S/C27H27N7O4S/c1-20-24(27(32-16-8-9-17-32)33(30-20)22-12-6-3-7-13-22)19-28-29-25-15-14-23(18-26(25)34(35)36)39(37,38)31-21-10-4-2-5-11-21/h2-7,10-15,18-19,29,31H,8-9,16-17H2,1H3. The van der Waals surface area contributed by atoms with Gasteiger partial charge in [-0.05, 0) is 56.2 Å². The van der Waals surface area contributed by atoms with Crippen molar-refractivity contribution in [3.63, 3.8) is 0 Å². The number of nitro groups is 1. The van der Waals surface area contributed by atoms with Gasteiger partial charge in [-0.3, -0.25) is 20.3 Å². The Bertz CT molecular complexity index is 1610. The first-order valence-corrected chi connectivity index (χ1v) is 13.9. The molecule has 0 spiro atoms. The molecular weight excluding hydrogens is 518 g/mol. The van der Waals surface area contributed by atoms with Crippen molar-refractivity contribution in [1.29, 1.82) is 0 Å². The van der Waals surface area contributed by atoms with E-state index in [-0.39, 0.29) is 10.6 Å². The molecule has 1 saturated heterocycles. The lowest BCUT2D eigenvalue weighted by Gasteiger charge is -2.20. The van der Waals surface area contributed by atoms with Crippen LogP contribution in [0.25, 0.3) is 5.69 Å². The molecule has 0 amide bonds. The maximum absolute atomic E-state index is 12.8. The predicted octanol–water partition coefficient (Wildman–Crippen LogP) is 4.94. The summed E-state index contributed by atoms with van der Waals surface area (Å²) in [6, 6.07) is 21.8. The molecule has 2 N–H and O–H groups in total. The van der Waals surface area contributed by atoms with Crippen LogP contribution in [0.5, 0.6) is 0 Å². The first-order valence-electron chi connectivity index (χ1n) is 12.4. The summed E-state index contributed by atoms with van der Waals surface area (Å²) in [5, 5.41) is 20.8. The monoisotopic (exact) mass is 545 g/mol. The van der Waals surface area contributed by atoms with E-state index in [9.17, 15) is 18.5 Å². The third-order valence-corrected chi connectivity index (χ3v) is 7.75. The fraction of sp³-hybridized carbons (Fsp3) is 0.185. The minimum absolute atomic E-state index is 0.0609. The number of rotatable bonds is 9. The minimum Gasteiger partial charge on any atom is -0.356 e. The van der Waals surface area contributed by atoms with E-state index in [1.165, 1.54) is 12.1 Å². The molecule has 39 heavy (non-hydrogen) atoms. The Balaban J connectivity index is 1.43. The third-order valence-electron chi connectivity index (χ3n) is 6.37. The second-order valence-electron chi connectivity index (χ2n) is 9.04. The molecule has 4 aromatic rings. The molecule has 1 fully saturated rings. The van der Waals surface area contributed by atoms with Gasteiger partial charge in [0, 0.05) is 24.8 Å². The zero-order valence-electron chi connectivity index (χ0n) is 21.2. The molecule has 0 atom stereocenters. The molecule has 1 aromatic heterocycles. The topological polar surface area (TPSA) is 135 Å². The van der Waals surface area contributed by atoms with Crippen LogP contribution in [0.2, 0.25) is 0 Å². The van der Waals surface area contributed by atoms with Gasteiger partial charge in [-0.1, -0.05) is 36.4 Å². The number of para-hydroxylation sites is 2. The molecule has 0 bridgehead atoms. The fourth-order valence-electron chi connectivity index (χ4n) is 4.47. The van der Waals surface area contributed by atoms with Crippen LogP contribution in [-0.2, 0) is 10.0 Å². The lowest BCUT2D eigenvalue weighted by molar-refractivity contribution is -0.384. The van der Waals surface area contributed by atoms with Crippen LogP contribution in [0.15, 0.2) is 88.9 Å². The van der Waals surface area contributed by atoms with Crippen molar-refractivity contribution in [1.82, 2.24) is 9.78 Å². The summed E-state index contributed by atoms with van der Waals surface area (Å²) >= 11 is 0. The molecular formula is C27H27N7O4S. The van der Waals surface area contributed by atoms with Crippen molar-refractivity contribution in [2.45, 2.75) is 24.7 Å². The summed E-state index contributed by atoms with van der Waals surface area (Å²) in [7, 11) is -4.03. The first-order chi connectivity index (χ1) is 18.8. The number of sulfonamides is 1. The van der Waals surface area contributed by atoms with Crippen LogP contribution in [0.3, 0.4) is 0 Å². The average Bonchev–Trinajstić information content (AvgIpc) is 3.57. The fourth-order valence-corrected chi connectivity index (χ4v) is 5.55. The molecule has 200 valence electrons. The zero-order chi connectivity index (χ0) is 27.4. The smallest absolute Gasteiger partial charge is 0.295 e. The van der Waals surface area contributed by atoms with Crippen molar-refractivity contribution in [2.75, 3.05) is 28.1 Å². The number of nitro benzene ring substituents is 1. The Labute approximate surface area is 226 Å². The highest BCUT2D eigenvalue weighted by Crippen LogP contribution is 2.31. The van der Waals surface area contributed by atoms with Crippen LogP contribution < -0.4 is 15.0 Å². The van der Waals surface area contributed by atoms with E-state index in [1.54, 1.807) is 36.5 Å². The number of hydrazone groups is 1. The molecule has 2 heterocycles. The van der Waals surface area contributed by atoms with E-state index >= 15 is 0 Å². The Morgan fingerprint density at radius 2 is 1.67 bits per heavy atom. The van der Waals surface area contributed by atoms with Gasteiger partial charge in [0.25, 0.3) is 15.7 Å². The highest BCUT2D eigenvalue weighted by Gasteiger charge is 2.24. The maximum atomic E-state index is 12.8. The van der Waals surface area contributed by atoms with Gasteiger partial charge in [0.15, 0.2) is 0 Å². The molecule has 5 rings (SSSR count). The van der Waals surface area contributed by atoms with E-state index in [0.29, 0.717) is 5.69 Å². The number of nitrogens with one attached hydrogen (secondary N) is 2. The van der Waals surface area contributed by atoms with Gasteiger partial charge in [0.2, 0.25) is 0 Å². The van der Waals surface area contributed by atoms with Crippen LogP contribution in [0.1, 0.15) is 24.1 Å². The summed E-state index contributed by atoms with van der Waals surface area (Å²) in [4.78, 5) is 13.2. The van der Waals surface area contributed by atoms with Crippen LogP contribution in [-0.4, -0.2) is 42.4 Å². The summed E-state index contributed by atoms with van der Waals surface area (Å²) in [6.45, 7) is 3.68. The molecule has 1 aliphatic rings. The number of anilines is 3. The van der Waals surface area contributed by atoms with Gasteiger partial charge < -0.3 is 4.90 Å². The number of aromatic nitrogens is 2. The Kier molecular flexibility index (Phi) is 7.28. The lowest BCUT2D eigenvalue weighted by atomic mass is 10.2. The molecule has 3 aromatic carbocycles. The Morgan fingerprint density at radius 1 is 1.00 bits per heavy atom. The van der Waals surface area contributed by atoms with Crippen LogP contribution in [0, 0.1) is 17.0 Å². The van der Waals surface area contributed by atoms with Crippen molar-refractivity contribution >= 4 is 39.1 Å². The normalized spacial score (nSPS) is 13.6. The summed E-state index contributed by atoms with van der Waals surface area (Å²) in [5.74, 6) is 0.907. The van der Waals surface area contributed by atoms with Gasteiger partial charge in [0.1, 0.15) is 11.5 Å². The highest BCUT2D eigenvalue weighted by molar-refractivity contribution is 7.92. The molecule has 1 aliphatic heterocycles. The Hall–Kier alpha value is -4.71. The van der Waals surface area contributed by atoms with Gasteiger partial charge in [-0.15, -0.1) is 0 Å². The summed E-state index contributed by atoms with van der Waals surface area (Å²) in [5.41, 5.74) is 5.20. The van der Waals surface area contributed by atoms with Crippen LogP contribution >= 0.6 is 0 Å². The van der Waals surface area contributed by atoms with Gasteiger partial charge in [-0.25, -0.2) is 13.1 Å². The minimum atomic E-state index is -4.03. The number of hydrogen-bond donors (Lipinski definition) is 2. The second-order valence-corrected chi connectivity index (χ2v) is 10.7. The number of benzene rings is 3. The van der Waals surface area contributed by atoms with E-state index in [0.717, 1.165) is 54.8 Å². The molecule has 0 unspecified atom stereocenters. The number of aryl methyl sites for hydroxylation is 1. The molecule has 0 radical (unpaired) electrons. The zero-order valence-corrected chi connectivity index (χ0v) is 22.0. The maximum Gasteiger partial charge on any atom is 0.295 e. The van der Waals surface area contributed by atoms with Gasteiger partial charge in [-0.2, -0.15) is 10.2 Å². The first kappa shape index (κ1) is 25.9.